The third-order valence-electron chi connectivity index (χ3n) is 4.74. The highest BCUT2D eigenvalue weighted by molar-refractivity contribution is 7.89. The van der Waals surface area contributed by atoms with Crippen LogP contribution >= 0.6 is 0 Å². The summed E-state index contributed by atoms with van der Waals surface area (Å²) in [6, 6.07) is 10.1. The van der Waals surface area contributed by atoms with Gasteiger partial charge in [0.05, 0.1) is 10.6 Å². The van der Waals surface area contributed by atoms with E-state index in [9.17, 15) is 18.0 Å². The molecule has 0 atom stereocenters. The van der Waals surface area contributed by atoms with E-state index >= 15 is 0 Å². The number of benzene rings is 2. The van der Waals surface area contributed by atoms with Gasteiger partial charge in [0.15, 0.2) is 5.78 Å². The Bertz CT molecular complexity index is 1040. The van der Waals surface area contributed by atoms with Gasteiger partial charge in [-0.25, -0.2) is 12.7 Å². The fourth-order valence-electron chi connectivity index (χ4n) is 3.15. The fourth-order valence-corrected chi connectivity index (χ4v) is 4.30. The zero-order chi connectivity index (χ0) is 19.9. The van der Waals surface area contributed by atoms with Gasteiger partial charge in [0.1, 0.15) is 0 Å². The first-order valence-corrected chi connectivity index (χ1v) is 10.1. The van der Waals surface area contributed by atoms with E-state index in [-0.39, 0.29) is 35.1 Å². The minimum atomic E-state index is -3.66. The first-order valence-electron chi connectivity index (χ1n) is 8.62. The summed E-state index contributed by atoms with van der Waals surface area (Å²) in [6.45, 7) is 3.87. The molecule has 27 heavy (non-hydrogen) atoms. The lowest BCUT2D eigenvalue weighted by Crippen LogP contribution is -2.37. The second-order valence-corrected chi connectivity index (χ2v) is 9.04. The number of aryl methyl sites for hydroxylation is 2. The van der Waals surface area contributed by atoms with Gasteiger partial charge in [0, 0.05) is 38.2 Å². The van der Waals surface area contributed by atoms with Gasteiger partial charge in [-0.1, -0.05) is 17.7 Å². The molecule has 142 valence electrons. The maximum absolute atomic E-state index is 13.1. The zero-order valence-corrected chi connectivity index (χ0v) is 16.6. The topological polar surface area (TPSA) is 74.8 Å². The van der Waals surface area contributed by atoms with E-state index in [0.717, 1.165) is 9.87 Å². The summed E-state index contributed by atoms with van der Waals surface area (Å²) in [5.74, 6) is -0.305. The highest BCUT2D eigenvalue weighted by atomic mass is 32.2. The summed E-state index contributed by atoms with van der Waals surface area (Å²) in [4.78, 5) is 27.0. The molecular formula is C20H22N2O4S. The van der Waals surface area contributed by atoms with Crippen LogP contribution in [0.1, 0.15) is 38.3 Å². The third kappa shape index (κ3) is 3.40. The summed E-state index contributed by atoms with van der Waals surface area (Å²) in [6.07, 6.45) is 0.247. The second kappa shape index (κ2) is 6.90. The van der Waals surface area contributed by atoms with Crippen LogP contribution in [0.4, 0.5) is 5.69 Å². The predicted molar refractivity (Wildman–Crippen MR) is 104 cm³/mol. The van der Waals surface area contributed by atoms with Crippen molar-refractivity contribution in [1.29, 1.82) is 0 Å². The van der Waals surface area contributed by atoms with Crippen LogP contribution in [0.15, 0.2) is 41.3 Å². The van der Waals surface area contributed by atoms with Crippen molar-refractivity contribution in [2.75, 3.05) is 25.5 Å². The molecule has 0 N–H and O–H groups in total. The highest BCUT2D eigenvalue weighted by Crippen LogP contribution is 2.30. The number of hydrogen-bond acceptors (Lipinski definition) is 4. The van der Waals surface area contributed by atoms with Crippen molar-refractivity contribution in [3.8, 4) is 0 Å². The SMILES string of the molecule is Cc1ccc2c(c1)C(=O)CCN2C(=O)c1ccc(C)c(S(=O)(=O)N(C)C)c1. The Morgan fingerprint density at radius 3 is 2.44 bits per heavy atom. The van der Waals surface area contributed by atoms with Gasteiger partial charge in [-0.15, -0.1) is 0 Å². The average Bonchev–Trinajstić information content (AvgIpc) is 2.62. The molecule has 0 fully saturated rings. The normalized spacial score (nSPS) is 14.4. The Labute approximate surface area is 159 Å². The summed E-state index contributed by atoms with van der Waals surface area (Å²) < 4.78 is 26.2. The molecule has 0 bridgehead atoms. The molecular weight excluding hydrogens is 364 g/mol. The number of fused-ring (bicyclic) bond motifs is 1. The molecule has 0 aromatic heterocycles. The van der Waals surface area contributed by atoms with Crippen LogP contribution < -0.4 is 4.90 Å². The van der Waals surface area contributed by atoms with Crippen LogP contribution in [-0.2, 0) is 10.0 Å². The molecule has 3 rings (SSSR count). The standard InChI is InChI=1S/C20H22N2O4S/c1-13-5-8-17-16(11-13)18(23)9-10-22(17)20(24)15-7-6-14(2)19(12-15)27(25,26)21(3)4/h5-8,11-12H,9-10H2,1-4H3. The maximum atomic E-state index is 13.1. The van der Waals surface area contributed by atoms with Crippen LogP contribution in [0.5, 0.6) is 0 Å². The Balaban J connectivity index is 2.06. The van der Waals surface area contributed by atoms with Crippen molar-refractivity contribution in [2.24, 2.45) is 0 Å². The van der Waals surface area contributed by atoms with Gasteiger partial charge in [0.25, 0.3) is 5.91 Å². The Morgan fingerprint density at radius 1 is 1.07 bits per heavy atom. The van der Waals surface area contributed by atoms with Crippen LogP contribution in [0.2, 0.25) is 0 Å². The van der Waals surface area contributed by atoms with Crippen LogP contribution in [0.3, 0.4) is 0 Å². The van der Waals surface area contributed by atoms with Crippen molar-refractivity contribution >= 4 is 27.4 Å². The van der Waals surface area contributed by atoms with E-state index in [1.807, 2.05) is 13.0 Å². The molecule has 1 heterocycles. The van der Waals surface area contributed by atoms with Crippen LogP contribution in [0.25, 0.3) is 0 Å². The number of Topliss-reactive ketones (excluding diaryl/α,β-unsaturated/α-hetero) is 1. The number of anilines is 1. The summed E-state index contributed by atoms with van der Waals surface area (Å²) in [5.41, 5.74) is 2.90. The average molecular weight is 386 g/mol. The van der Waals surface area contributed by atoms with E-state index in [0.29, 0.717) is 16.8 Å². The van der Waals surface area contributed by atoms with Gasteiger partial charge in [0.2, 0.25) is 10.0 Å². The van der Waals surface area contributed by atoms with E-state index in [2.05, 4.69) is 0 Å². The van der Waals surface area contributed by atoms with Gasteiger partial charge in [-0.2, -0.15) is 0 Å². The number of rotatable bonds is 3. The molecule has 0 saturated carbocycles. The minimum absolute atomic E-state index is 0.0116. The molecule has 0 aliphatic carbocycles. The molecule has 0 spiro atoms. The minimum Gasteiger partial charge on any atom is -0.307 e. The van der Waals surface area contributed by atoms with Crippen LogP contribution in [0, 0.1) is 13.8 Å². The molecule has 1 aliphatic heterocycles. The van der Waals surface area contributed by atoms with Crippen molar-refractivity contribution in [1.82, 2.24) is 4.31 Å². The summed E-state index contributed by atoms with van der Waals surface area (Å²) in [5, 5.41) is 0. The third-order valence-corrected chi connectivity index (χ3v) is 6.70. The van der Waals surface area contributed by atoms with Gasteiger partial charge < -0.3 is 4.90 Å². The number of carbonyl (C=O) groups excluding carboxylic acids is 2. The van der Waals surface area contributed by atoms with E-state index in [1.54, 1.807) is 36.1 Å². The first-order chi connectivity index (χ1) is 12.6. The lowest BCUT2D eigenvalue weighted by atomic mass is 9.97. The fraction of sp³-hybridized carbons (Fsp3) is 0.300. The summed E-state index contributed by atoms with van der Waals surface area (Å²) >= 11 is 0. The Hall–Kier alpha value is -2.51. The number of sulfonamides is 1. The molecule has 2 aromatic carbocycles. The van der Waals surface area contributed by atoms with E-state index in [4.69, 9.17) is 0 Å². The quantitative estimate of drug-likeness (QED) is 0.813. The lowest BCUT2D eigenvalue weighted by Gasteiger charge is -2.29. The van der Waals surface area contributed by atoms with Crippen molar-refractivity contribution in [2.45, 2.75) is 25.2 Å². The van der Waals surface area contributed by atoms with E-state index in [1.165, 1.54) is 20.2 Å². The molecule has 1 amide bonds. The molecule has 7 heteroatoms. The largest absolute Gasteiger partial charge is 0.307 e. The Morgan fingerprint density at radius 2 is 1.78 bits per heavy atom. The molecule has 6 nitrogen and oxygen atoms in total. The number of nitrogens with zero attached hydrogens (tertiary/aromatic N) is 2. The molecule has 0 unspecified atom stereocenters. The first kappa shape index (κ1) is 19.3. The summed E-state index contributed by atoms with van der Waals surface area (Å²) in [7, 11) is -0.748. The monoisotopic (exact) mass is 386 g/mol. The molecule has 0 saturated heterocycles. The van der Waals surface area contributed by atoms with Gasteiger partial charge in [-0.3, -0.25) is 9.59 Å². The smallest absolute Gasteiger partial charge is 0.258 e. The number of hydrogen-bond donors (Lipinski definition) is 0. The zero-order valence-electron chi connectivity index (χ0n) is 15.8. The van der Waals surface area contributed by atoms with E-state index < -0.39 is 10.0 Å². The highest BCUT2D eigenvalue weighted by Gasteiger charge is 2.29. The maximum Gasteiger partial charge on any atom is 0.258 e. The number of ketones is 1. The molecule has 1 aliphatic rings. The van der Waals surface area contributed by atoms with Gasteiger partial charge >= 0.3 is 0 Å². The number of carbonyl (C=O) groups is 2. The van der Waals surface area contributed by atoms with Crippen molar-refractivity contribution < 1.29 is 18.0 Å². The van der Waals surface area contributed by atoms with Gasteiger partial charge in [-0.05, 0) is 43.7 Å². The van der Waals surface area contributed by atoms with Crippen molar-refractivity contribution in [3.05, 3.63) is 58.7 Å². The lowest BCUT2D eigenvalue weighted by molar-refractivity contribution is 0.0955. The molecule has 0 radical (unpaired) electrons. The van der Waals surface area contributed by atoms with Crippen LogP contribution in [-0.4, -0.2) is 45.1 Å². The predicted octanol–water partition coefficient (Wildman–Crippen LogP) is 2.79. The number of amides is 1. The van der Waals surface area contributed by atoms with Crippen molar-refractivity contribution in [3.63, 3.8) is 0 Å². The molecule has 2 aromatic rings. The Kier molecular flexibility index (Phi) is 4.92. The second-order valence-electron chi connectivity index (χ2n) is 6.92.